The Balaban J connectivity index is 1.83. The van der Waals surface area contributed by atoms with Crippen molar-refractivity contribution in [2.75, 3.05) is 13.6 Å². The average molecular weight is 261 g/mol. The molecular weight excluding hydrogens is 241 g/mol. The van der Waals surface area contributed by atoms with Crippen molar-refractivity contribution in [2.24, 2.45) is 0 Å². The van der Waals surface area contributed by atoms with Crippen LogP contribution in [0.15, 0.2) is 18.2 Å². The highest BCUT2D eigenvalue weighted by atomic mass is 19.1. The van der Waals surface area contributed by atoms with Crippen LogP contribution in [0.1, 0.15) is 30.9 Å². The predicted molar refractivity (Wildman–Crippen MR) is 73.1 cm³/mol. The first-order valence-electron chi connectivity index (χ1n) is 6.73. The van der Waals surface area contributed by atoms with Gasteiger partial charge in [0, 0.05) is 30.7 Å². The molecule has 0 spiro atoms. The molecule has 1 N–H and O–H groups in total. The number of benzene rings is 1. The second-order valence-corrected chi connectivity index (χ2v) is 5.29. The van der Waals surface area contributed by atoms with E-state index < -0.39 is 0 Å². The van der Waals surface area contributed by atoms with Crippen LogP contribution in [0.25, 0.3) is 0 Å². The Kier molecular flexibility index (Phi) is 4.52. The molecule has 1 unspecified atom stereocenters. The number of nitriles is 1. The number of hydrogen-bond acceptors (Lipinski definition) is 3. The normalized spacial score (nSPS) is 16.4. The van der Waals surface area contributed by atoms with Crippen molar-refractivity contribution >= 4 is 0 Å². The topological polar surface area (TPSA) is 39.1 Å². The first kappa shape index (κ1) is 14.0. The molecule has 1 saturated carbocycles. The predicted octanol–water partition coefficient (Wildman–Crippen LogP) is 2.27. The quantitative estimate of drug-likeness (QED) is 0.854. The Morgan fingerprint density at radius 1 is 1.53 bits per heavy atom. The summed E-state index contributed by atoms with van der Waals surface area (Å²) in [5.41, 5.74) is 1.06. The summed E-state index contributed by atoms with van der Waals surface area (Å²) in [6, 6.07) is 7.67. The third kappa shape index (κ3) is 3.76. The Morgan fingerprint density at radius 3 is 2.89 bits per heavy atom. The van der Waals surface area contributed by atoms with Gasteiger partial charge >= 0.3 is 0 Å². The molecule has 0 amide bonds. The Bertz CT molecular complexity index is 477. The molecule has 102 valence electrons. The van der Waals surface area contributed by atoms with Crippen LogP contribution in [-0.4, -0.2) is 30.6 Å². The second-order valence-electron chi connectivity index (χ2n) is 5.29. The van der Waals surface area contributed by atoms with Gasteiger partial charge in [0.1, 0.15) is 5.82 Å². The van der Waals surface area contributed by atoms with Gasteiger partial charge in [-0.1, -0.05) is 0 Å². The van der Waals surface area contributed by atoms with Gasteiger partial charge in [-0.2, -0.15) is 5.26 Å². The van der Waals surface area contributed by atoms with E-state index in [2.05, 4.69) is 24.2 Å². The molecule has 0 radical (unpaired) electrons. The molecule has 4 heteroatoms. The highest BCUT2D eigenvalue weighted by Crippen LogP contribution is 2.26. The lowest BCUT2D eigenvalue weighted by atomic mass is 10.1. The number of rotatable bonds is 6. The number of nitrogens with one attached hydrogen (secondary N) is 1. The first-order chi connectivity index (χ1) is 9.11. The molecule has 19 heavy (non-hydrogen) atoms. The maximum Gasteiger partial charge on any atom is 0.127 e. The largest absolute Gasteiger partial charge is 0.311 e. The zero-order valence-corrected chi connectivity index (χ0v) is 11.5. The van der Waals surface area contributed by atoms with Crippen LogP contribution in [-0.2, 0) is 6.54 Å². The maximum absolute atomic E-state index is 13.6. The molecule has 1 aliphatic carbocycles. The average Bonchev–Trinajstić information content (AvgIpc) is 3.24. The van der Waals surface area contributed by atoms with Crippen molar-refractivity contribution in [3.8, 4) is 6.07 Å². The fourth-order valence-electron chi connectivity index (χ4n) is 2.18. The fraction of sp³-hybridized carbons (Fsp3) is 0.533. The van der Waals surface area contributed by atoms with Crippen molar-refractivity contribution in [3.63, 3.8) is 0 Å². The third-order valence-electron chi connectivity index (χ3n) is 3.75. The SMILES string of the molecule is CC(CNCc1cc(C#N)ccc1F)N(C)C1CC1. The molecular formula is C15H20FN3. The standard InChI is InChI=1S/C15H20FN3/c1-11(19(2)14-4-5-14)9-18-10-13-7-12(8-17)3-6-15(13)16/h3,6-7,11,14,18H,4-5,9-10H2,1-2H3. The van der Waals surface area contributed by atoms with E-state index in [9.17, 15) is 4.39 Å². The maximum atomic E-state index is 13.6. The van der Waals surface area contributed by atoms with Crippen molar-refractivity contribution in [2.45, 2.75) is 38.4 Å². The number of halogens is 1. The molecule has 0 bridgehead atoms. The van der Waals surface area contributed by atoms with Gasteiger partial charge in [-0.15, -0.1) is 0 Å². The molecule has 1 aromatic rings. The van der Waals surface area contributed by atoms with Gasteiger partial charge in [0.2, 0.25) is 0 Å². The first-order valence-corrected chi connectivity index (χ1v) is 6.73. The molecule has 1 aliphatic rings. The van der Waals surface area contributed by atoms with E-state index in [1.54, 1.807) is 6.07 Å². The molecule has 1 atom stereocenters. The number of hydrogen-bond donors (Lipinski definition) is 1. The van der Waals surface area contributed by atoms with E-state index in [-0.39, 0.29) is 5.82 Å². The van der Waals surface area contributed by atoms with Crippen LogP contribution in [0.3, 0.4) is 0 Å². The van der Waals surface area contributed by atoms with Crippen LogP contribution >= 0.6 is 0 Å². The summed E-state index contributed by atoms with van der Waals surface area (Å²) in [4.78, 5) is 2.37. The summed E-state index contributed by atoms with van der Waals surface area (Å²) in [5.74, 6) is -0.255. The van der Waals surface area contributed by atoms with Crippen LogP contribution < -0.4 is 5.32 Å². The van der Waals surface area contributed by atoms with Gasteiger partial charge in [0.25, 0.3) is 0 Å². The van der Waals surface area contributed by atoms with E-state index in [4.69, 9.17) is 5.26 Å². The molecule has 0 aromatic heterocycles. The zero-order valence-electron chi connectivity index (χ0n) is 11.5. The Morgan fingerprint density at radius 2 is 2.26 bits per heavy atom. The van der Waals surface area contributed by atoms with Gasteiger partial charge in [-0.25, -0.2) is 4.39 Å². The van der Waals surface area contributed by atoms with E-state index >= 15 is 0 Å². The van der Waals surface area contributed by atoms with Gasteiger partial charge in [-0.05, 0) is 45.0 Å². The van der Waals surface area contributed by atoms with Crippen molar-refractivity contribution in [3.05, 3.63) is 35.1 Å². The lowest BCUT2D eigenvalue weighted by molar-refractivity contribution is 0.241. The van der Waals surface area contributed by atoms with Gasteiger partial charge in [0.05, 0.1) is 11.6 Å². The minimum Gasteiger partial charge on any atom is -0.311 e. The second kappa shape index (κ2) is 6.14. The highest BCUT2D eigenvalue weighted by molar-refractivity contribution is 5.33. The number of nitrogens with zero attached hydrogens (tertiary/aromatic N) is 2. The Hall–Kier alpha value is -1.44. The van der Waals surface area contributed by atoms with Crippen LogP contribution in [0.2, 0.25) is 0 Å². The van der Waals surface area contributed by atoms with Gasteiger partial charge in [0.15, 0.2) is 0 Å². The molecule has 0 saturated heterocycles. The van der Waals surface area contributed by atoms with Gasteiger partial charge in [-0.3, -0.25) is 4.90 Å². The fourth-order valence-corrected chi connectivity index (χ4v) is 2.18. The Labute approximate surface area is 114 Å². The molecule has 3 nitrogen and oxygen atoms in total. The summed E-state index contributed by atoms with van der Waals surface area (Å²) in [6.07, 6.45) is 2.58. The minimum absolute atomic E-state index is 0.255. The summed E-state index contributed by atoms with van der Waals surface area (Å²) in [7, 11) is 2.14. The number of likely N-dealkylation sites (N-methyl/N-ethyl adjacent to an activating group) is 1. The van der Waals surface area contributed by atoms with Gasteiger partial charge < -0.3 is 5.32 Å². The summed E-state index contributed by atoms with van der Waals surface area (Å²) in [6.45, 7) is 3.46. The van der Waals surface area contributed by atoms with Crippen molar-refractivity contribution in [1.82, 2.24) is 10.2 Å². The molecule has 2 rings (SSSR count). The highest BCUT2D eigenvalue weighted by Gasteiger charge is 2.28. The lowest BCUT2D eigenvalue weighted by Gasteiger charge is -2.24. The van der Waals surface area contributed by atoms with Crippen LogP contribution in [0.5, 0.6) is 0 Å². The zero-order chi connectivity index (χ0) is 13.8. The van der Waals surface area contributed by atoms with E-state index in [1.165, 1.54) is 25.0 Å². The summed E-state index contributed by atoms with van der Waals surface area (Å²) < 4.78 is 13.6. The van der Waals surface area contributed by atoms with E-state index in [1.807, 2.05) is 6.07 Å². The van der Waals surface area contributed by atoms with Crippen molar-refractivity contribution < 1.29 is 4.39 Å². The van der Waals surface area contributed by atoms with E-state index in [0.29, 0.717) is 23.7 Å². The summed E-state index contributed by atoms with van der Waals surface area (Å²) in [5, 5.41) is 12.1. The molecule has 1 aromatic carbocycles. The molecule has 0 heterocycles. The molecule has 1 fully saturated rings. The van der Waals surface area contributed by atoms with Crippen LogP contribution in [0, 0.1) is 17.1 Å². The van der Waals surface area contributed by atoms with Crippen LogP contribution in [0.4, 0.5) is 4.39 Å². The molecule has 0 aliphatic heterocycles. The third-order valence-corrected chi connectivity index (χ3v) is 3.75. The summed E-state index contributed by atoms with van der Waals surface area (Å²) >= 11 is 0. The lowest BCUT2D eigenvalue weighted by Crippen LogP contribution is -2.39. The monoisotopic (exact) mass is 261 g/mol. The minimum atomic E-state index is -0.255. The van der Waals surface area contributed by atoms with Crippen molar-refractivity contribution in [1.29, 1.82) is 5.26 Å². The smallest absolute Gasteiger partial charge is 0.127 e. The van der Waals surface area contributed by atoms with E-state index in [0.717, 1.165) is 12.6 Å².